The predicted molar refractivity (Wildman–Crippen MR) is 84.0 cm³/mol. The monoisotopic (exact) mass is 312 g/mol. The lowest BCUT2D eigenvalue weighted by atomic mass is 10.1. The van der Waals surface area contributed by atoms with Gasteiger partial charge in [-0.25, -0.2) is 23.1 Å². The molecule has 21 heavy (non-hydrogen) atoms. The van der Waals surface area contributed by atoms with E-state index in [2.05, 4.69) is 19.6 Å². The molecule has 0 unspecified atom stereocenters. The Labute approximate surface area is 127 Å². The fourth-order valence-corrected chi connectivity index (χ4v) is 4.07. The van der Waals surface area contributed by atoms with E-state index >= 15 is 0 Å². The van der Waals surface area contributed by atoms with Crippen LogP contribution in [0.25, 0.3) is 0 Å². The van der Waals surface area contributed by atoms with Crippen LogP contribution < -0.4 is 9.62 Å². The summed E-state index contributed by atoms with van der Waals surface area (Å²) in [6, 6.07) is 2.02. The first kappa shape index (κ1) is 16.2. The van der Waals surface area contributed by atoms with Crippen LogP contribution in [-0.4, -0.2) is 43.3 Å². The summed E-state index contributed by atoms with van der Waals surface area (Å²) in [6.45, 7) is 7.36. The van der Waals surface area contributed by atoms with Crippen LogP contribution in [0.4, 0.5) is 5.82 Å². The Morgan fingerprint density at radius 2 is 1.95 bits per heavy atom. The summed E-state index contributed by atoms with van der Waals surface area (Å²) < 4.78 is 26.4. The summed E-state index contributed by atoms with van der Waals surface area (Å²) in [5.41, 5.74) is 0.961. The van der Waals surface area contributed by atoms with Gasteiger partial charge in [0.05, 0.1) is 5.75 Å². The number of rotatable bonds is 5. The van der Waals surface area contributed by atoms with Crippen molar-refractivity contribution in [2.45, 2.75) is 46.1 Å². The molecule has 0 saturated carbocycles. The third kappa shape index (κ3) is 4.64. The number of aryl methyl sites for hydroxylation is 2. The van der Waals surface area contributed by atoms with Gasteiger partial charge in [0.25, 0.3) is 0 Å². The Hall–Kier alpha value is -1.21. The van der Waals surface area contributed by atoms with Crippen LogP contribution >= 0.6 is 0 Å². The van der Waals surface area contributed by atoms with Crippen molar-refractivity contribution < 1.29 is 8.42 Å². The van der Waals surface area contributed by atoms with E-state index in [4.69, 9.17) is 0 Å². The van der Waals surface area contributed by atoms with E-state index in [1.165, 1.54) is 0 Å². The zero-order valence-corrected chi connectivity index (χ0v) is 13.8. The smallest absolute Gasteiger partial charge is 0.211 e. The van der Waals surface area contributed by atoms with E-state index in [0.29, 0.717) is 6.42 Å². The Morgan fingerprint density at radius 3 is 2.52 bits per heavy atom. The fraction of sp³-hybridized carbons (Fsp3) is 0.714. The number of hydrogen-bond acceptors (Lipinski definition) is 5. The van der Waals surface area contributed by atoms with Crippen molar-refractivity contribution >= 4 is 15.8 Å². The van der Waals surface area contributed by atoms with E-state index in [1.54, 1.807) is 0 Å². The lowest BCUT2D eigenvalue weighted by molar-refractivity contribution is 0.458. The molecule has 0 aliphatic carbocycles. The van der Waals surface area contributed by atoms with Crippen LogP contribution in [0.3, 0.4) is 0 Å². The molecule has 0 aromatic carbocycles. The van der Waals surface area contributed by atoms with Crippen molar-refractivity contribution in [3.8, 4) is 0 Å². The SMILES string of the molecule is CCCS(=O)(=O)NC1CCN(c2cc(C)nc(C)n2)CC1. The quantitative estimate of drug-likeness (QED) is 0.889. The van der Waals surface area contributed by atoms with Gasteiger partial charge in [0.15, 0.2) is 0 Å². The molecule has 1 aromatic rings. The van der Waals surface area contributed by atoms with Gasteiger partial charge in [-0.1, -0.05) is 6.92 Å². The molecule has 118 valence electrons. The van der Waals surface area contributed by atoms with Crippen molar-refractivity contribution in [3.63, 3.8) is 0 Å². The Kier molecular flexibility index (Phi) is 5.16. The highest BCUT2D eigenvalue weighted by molar-refractivity contribution is 7.89. The molecule has 7 heteroatoms. The minimum Gasteiger partial charge on any atom is -0.356 e. The maximum atomic E-state index is 11.8. The van der Waals surface area contributed by atoms with E-state index < -0.39 is 10.0 Å². The lowest BCUT2D eigenvalue weighted by Crippen LogP contribution is -2.45. The number of aromatic nitrogens is 2. The van der Waals surface area contributed by atoms with Gasteiger partial charge in [-0.2, -0.15) is 0 Å². The van der Waals surface area contributed by atoms with Gasteiger partial charge in [0.2, 0.25) is 10.0 Å². The van der Waals surface area contributed by atoms with Crippen LogP contribution in [0.15, 0.2) is 6.07 Å². The fourth-order valence-electron chi connectivity index (χ4n) is 2.67. The Balaban J connectivity index is 1.94. The summed E-state index contributed by atoms with van der Waals surface area (Å²) in [4.78, 5) is 10.9. The summed E-state index contributed by atoms with van der Waals surface area (Å²) in [7, 11) is -3.12. The minimum atomic E-state index is -3.12. The molecule has 1 aliphatic rings. The third-order valence-electron chi connectivity index (χ3n) is 3.59. The van der Waals surface area contributed by atoms with E-state index in [0.717, 1.165) is 43.3 Å². The number of nitrogens with zero attached hydrogens (tertiary/aromatic N) is 3. The number of sulfonamides is 1. The largest absolute Gasteiger partial charge is 0.356 e. The van der Waals surface area contributed by atoms with Crippen molar-refractivity contribution in [2.75, 3.05) is 23.7 Å². The van der Waals surface area contributed by atoms with Crippen molar-refractivity contribution in [3.05, 3.63) is 17.6 Å². The van der Waals surface area contributed by atoms with Crippen LogP contribution in [0.1, 0.15) is 37.7 Å². The van der Waals surface area contributed by atoms with Gasteiger partial charge in [-0.3, -0.25) is 0 Å². The maximum Gasteiger partial charge on any atom is 0.211 e. The van der Waals surface area contributed by atoms with E-state index in [-0.39, 0.29) is 11.8 Å². The summed E-state index contributed by atoms with van der Waals surface area (Å²) in [6.07, 6.45) is 2.27. The highest BCUT2D eigenvalue weighted by Crippen LogP contribution is 2.19. The lowest BCUT2D eigenvalue weighted by Gasteiger charge is -2.33. The average Bonchev–Trinajstić information content (AvgIpc) is 2.37. The number of anilines is 1. The molecule has 0 radical (unpaired) electrons. The third-order valence-corrected chi connectivity index (χ3v) is 5.23. The van der Waals surface area contributed by atoms with Crippen LogP contribution in [-0.2, 0) is 10.0 Å². The molecular formula is C14H24N4O2S. The van der Waals surface area contributed by atoms with Crippen LogP contribution in [0.5, 0.6) is 0 Å². The number of nitrogens with one attached hydrogen (secondary N) is 1. The molecule has 1 aliphatic heterocycles. The Bertz CT molecular complexity index is 560. The van der Waals surface area contributed by atoms with Gasteiger partial charge >= 0.3 is 0 Å². The van der Waals surface area contributed by atoms with Crippen molar-refractivity contribution in [2.24, 2.45) is 0 Å². The molecule has 0 bridgehead atoms. The van der Waals surface area contributed by atoms with Crippen molar-refractivity contribution in [1.29, 1.82) is 0 Å². The summed E-state index contributed by atoms with van der Waals surface area (Å²) >= 11 is 0. The molecule has 2 heterocycles. The van der Waals surface area contributed by atoms with Crippen LogP contribution in [0.2, 0.25) is 0 Å². The zero-order chi connectivity index (χ0) is 15.5. The molecule has 1 aromatic heterocycles. The molecule has 0 spiro atoms. The summed E-state index contributed by atoms with van der Waals surface area (Å²) in [5.74, 6) is 1.92. The van der Waals surface area contributed by atoms with Gasteiger partial charge in [0, 0.05) is 30.9 Å². The second-order valence-electron chi connectivity index (χ2n) is 5.61. The summed E-state index contributed by atoms with van der Waals surface area (Å²) in [5, 5.41) is 0. The topological polar surface area (TPSA) is 75.2 Å². The van der Waals surface area contributed by atoms with Crippen LogP contribution in [0, 0.1) is 13.8 Å². The first-order valence-corrected chi connectivity index (χ1v) is 9.12. The molecule has 1 fully saturated rings. The highest BCUT2D eigenvalue weighted by Gasteiger charge is 2.24. The second kappa shape index (κ2) is 6.70. The predicted octanol–water partition coefficient (Wildman–Crippen LogP) is 1.39. The van der Waals surface area contributed by atoms with Gasteiger partial charge in [-0.05, 0) is 33.1 Å². The second-order valence-corrected chi connectivity index (χ2v) is 7.49. The first-order chi connectivity index (χ1) is 9.89. The minimum absolute atomic E-state index is 0.0434. The molecule has 0 amide bonds. The highest BCUT2D eigenvalue weighted by atomic mass is 32.2. The zero-order valence-electron chi connectivity index (χ0n) is 13.0. The van der Waals surface area contributed by atoms with E-state index in [1.807, 2.05) is 26.8 Å². The van der Waals surface area contributed by atoms with Gasteiger partial charge in [0.1, 0.15) is 11.6 Å². The molecule has 1 N–H and O–H groups in total. The average molecular weight is 312 g/mol. The molecule has 1 saturated heterocycles. The normalized spacial score (nSPS) is 17.2. The molecule has 2 rings (SSSR count). The maximum absolute atomic E-state index is 11.8. The van der Waals surface area contributed by atoms with E-state index in [9.17, 15) is 8.42 Å². The molecule has 0 atom stereocenters. The number of piperidine rings is 1. The van der Waals surface area contributed by atoms with Crippen molar-refractivity contribution in [1.82, 2.24) is 14.7 Å². The standard InChI is InChI=1S/C14H24N4O2S/c1-4-9-21(19,20)17-13-5-7-18(8-6-13)14-10-11(2)15-12(3)16-14/h10,13,17H,4-9H2,1-3H3. The molecular weight excluding hydrogens is 288 g/mol. The van der Waals surface area contributed by atoms with Gasteiger partial charge < -0.3 is 4.90 Å². The molecule has 6 nitrogen and oxygen atoms in total. The van der Waals surface area contributed by atoms with Gasteiger partial charge in [-0.15, -0.1) is 0 Å². The first-order valence-electron chi connectivity index (χ1n) is 7.47. The Morgan fingerprint density at radius 1 is 1.29 bits per heavy atom. The number of hydrogen-bond donors (Lipinski definition) is 1.